The molecule has 6 nitrogen and oxygen atoms in total. The number of nitrogens with zero attached hydrogens (tertiary/aromatic N) is 3. The van der Waals surface area contributed by atoms with Gasteiger partial charge in [-0.05, 0) is 31.0 Å². The van der Waals surface area contributed by atoms with Crippen LogP contribution in [0.3, 0.4) is 0 Å². The number of aliphatic hydroxyl groups excluding tert-OH is 1. The molecule has 1 amide bonds. The zero-order valence-corrected chi connectivity index (χ0v) is 12.3. The summed E-state index contributed by atoms with van der Waals surface area (Å²) in [4.78, 5) is 11.9. The van der Waals surface area contributed by atoms with E-state index in [0.29, 0.717) is 5.69 Å². The van der Waals surface area contributed by atoms with E-state index in [-0.39, 0.29) is 12.5 Å². The van der Waals surface area contributed by atoms with Crippen LogP contribution in [0, 0.1) is 0 Å². The number of aryl methyl sites for hydroxylation is 1. The smallest absolute Gasteiger partial charge is 0.246 e. The average Bonchev–Trinajstić information content (AvgIpc) is 2.90. The lowest BCUT2D eigenvalue weighted by molar-refractivity contribution is -0.116. The van der Waals surface area contributed by atoms with Crippen molar-refractivity contribution in [1.29, 1.82) is 0 Å². The highest BCUT2D eigenvalue weighted by atomic mass is 16.3. The summed E-state index contributed by atoms with van der Waals surface area (Å²) in [6, 6.07) is 7.82. The van der Waals surface area contributed by atoms with Crippen molar-refractivity contribution in [2.24, 2.45) is 0 Å². The van der Waals surface area contributed by atoms with Gasteiger partial charge in [0.1, 0.15) is 12.2 Å². The number of rotatable bonds is 6. The summed E-state index contributed by atoms with van der Waals surface area (Å²) >= 11 is 0. The van der Waals surface area contributed by atoms with Crippen LogP contribution in [0.25, 0.3) is 0 Å². The first-order valence-corrected chi connectivity index (χ1v) is 7.05. The summed E-state index contributed by atoms with van der Waals surface area (Å²) in [5, 5.41) is 19.8. The largest absolute Gasteiger partial charge is 0.387 e. The van der Waals surface area contributed by atoms with E-state index in [0.717, 1.165) is 18.5 Å². The van der Waals surface area contributed by atoms with Gasteiger partial charge in [0, 0.05) is 5.69 Å². The fourth-order valence-corrected chi connectivity index (χ4v) is 1.97. The van der Waals surface area contributed by atoms with Crippen LogP contribution in [-0.2, 0) is 17.8 Å². The highest BCUT2D eigenvalue weighted by Gasteiger charge is 2.09. The van der Waals surface area contributed by atoms with E-state index in [1.54, 1.807) is 13.1 Å². The molecule has 1 aromatic carbocycles. The van der Waals surface area contributed by atoms with Gasteiger partial charge in [-0.3, -0.25) is 4.79 Å². The minimum Gasteiger partial charge on any atom is -0.387 e. The molecular weight excluding hydrogens is 268 g/mol. The van der Waals surface area contributed by atoms with Crippen molar-refractivity contribution in [1.82, 2.24) is 15.0 Å². The molecule has 1 heterocycles. The van der Waals surface area contributed by atoms with Gasteiger partial charge in [0.2, 0.25) is 5.91 Å². The van der Waals surface area contributed by atoms with Gasteiger partial charge in [-0.1, -0.05) is 30.7 Å². The first-order chi connectivity index (χ1) is 10.1. The Morgan fingerprint density at radius 1 is 1.38 bits per heavy atom. The van der Waals surface area contributed by atoms with Gasteiger partial charge in [0.25, 0.3) is 0 Å². The molecule has 0 spiro atoms. The first-order valence-electron chi connectivity index (χ1n) is 7.05. The molecule has 0 aliphatic rings. The summed E-state index contributed by atoms with van der Waals surface area (Å²) in [5.74, 6) is -0.180. The molecule has 0 bridgehead atoms. The number of benzene rings is 1. The maximum Gasteiger partial charge on any atom is 0.246 e. The molecule has 21 heavy (non-hydrogen) atoms. The monoisotopic (exact) mass is 288 g/mol. The Hall–Kier alpha value is -2.21. The normalized spacial score (nSPS) is 12.1. The minimum absolute atomic E-state index is 0.0659. The molecule has 0 saturated heterocycles. The van der Waals surface area contributed by atoms with Gasteiger partial charge in [-0.2, -0.15) is 0 Å². The molecule has 2 rings (SSSR count). The maximum atomic E-state index is 11.9. The lowest BCUT2D eigenvalue weighted by Gasteiger charge is -2.06. The molecule has 0 aliphatic carbocycles. The number of amides is 1. The number of aromatic nitrogens is 3. The molecule has 0 saturated carbocycles. The second-order valence-electron chi connectivity index (χ2n) is 5.01. The molecule has 0 radical (unpaired) electrons. The van der Waals surface area contributed by atoms with E-state index in [2.05, 4.69) is 22.6 Å². The van der Waals surface area contributed by atoms with Crippen LogP contribution in [0.5, 0.6) is 0 Å². The van der Waals surface area contributed by atoms with Crippen LogP contribution in [0.4, 0.5) is 5.69 Å². The molecule has 6 heteroatoms. The van der Waals surface area contributed by atoms with Gasteiger partial charge >= 0.3 is 0 Å². The second-order valence-corrected chi connectivity index (χ2v) is 5.01. The summed E-state index contributed by atoms with van der Waals surface area (Å²) < 4.78 is 1.41. The Morgan fingerprint density at radius 2 is 2.10 bits per heavy atom. The Kier molecular flexibility index (Phi) is 5.05. The van der Waals surface area contributed by atoms with E-state index in [1.165, 1.54) is 10.2 Å². The lowest BCUT2D eigenvalue weighted by atomic mass is 10.1. The van der Waals surface area contributed by atoms with Crippen LogP contribution < -0.4 is 5.32 Å². The number of anilines is 1. The van der Waals surface area contributed by atoms with Crippen LogP contribution in [-0.4, -0.2) is 26.0 Å². The number of hydrogen-bond donors (Lipinski definition) is 2. The first kappa shape index (κ1) is 15.2. The second kappa shape index (κ2) is 6.99. The predicted molar refractivity (Wildman–Crippen MR) is 79.7 cm³/mol. The zero-order chi connectivity index (χ0) is 15.2. The SMILES string of the molecule is CCCc1ccc(NC(=O)Cn2cc(C(C)O)nn2)cc1. The summed E-state index contributed by atoms with van der Waals surface area (Å²) in [7, 11) is 0. The number of carbonyl (C=O) groups excluding carboxylic acids is 1. The Labute approximate surface area is 123 Å². The zero-order valence-electron chi connectivity index (χ0n) is 12.3. The van der Waals surface area contributed by atoms with E-state index in [4.69, 9.17) is 0 Å². The predicted octanol–water partition coefficient (Wildman–Crippen LogP) is 1.92. The molecule has 0 fully saturated rings. The van der Waals surface area contributed by atoms with E-state index < -0.39 is 6.10 Å². The van der Waals surface area contributed by atoms with Crippen LogP contribution in [0.15, 0.2) is 30.5 Å². The quantitative estimate of drug-likeness (QED) is 0.851. The van der Waals surface area contributed by atoms with Crippen molar-refractivity contribution < 1.29 is 9.90 Å². The molecule has 1 atom stereocenters. The number of nitrogens with one attached hydrogen (secondary N) is 1. The Bertz CT molecular complexity index is 590. The minimum atomic E-state index is -0.687. The Balaban J connectivity index is 1.91. The van der Waals surface area contributed by atoms with Crippen molar-refractivity contribution in [2.75, 3.05) is 5.32 Å². The van der Waals surface area contributed by atoms with E-state index >= 15 is 0 Å². The van der Waals surface area contributed by atoms with Crippen molar-refractivity contribution in [3.05, 3.63) is 41.7 Å². The highest BCUT2D eigenvalue weighted by Crippen LogP contribution is 2.11. The summed E-state index contributed by atoms with van der Waals surface area (Å²) in [6.45, 7) is 3.80. The van der Waals surface area contributed by atoms with Crippen LogP contribution >= 0.6 is 0 Å². The molecule has 2 aromatic rings. The van der Waals surface area contributed by atoms with Crippen molar-refractivity contribution in [2.45, 2.75) is 39.3 Å². The molecule has 1 aromatic heterocycles. The third kappa shape index (κ3) is 4.39. The molecular formula is C15H20N4O2. The fraction of sp³-hybridized carbons (Fsp3) is 0.400. The lowest BCUT2D eigenvalue weighted by Crippen LogP contribution is -2.19. The van der Waals surface area contributed by atoms with Crippen molar-refractivity contribution in [3.8, 4) is 0 Å². The molecule has 1 unspecified atom stereocenters. The van der Waals surface area contributed by atoms with Crippen molar-refractivity contribution in [3.63, 3.8) is 0 Å². The Morgan fingerprint density at radius 3 is 2.67 bits per heavy atom. The van der Waals surface area contributed by atoms with Gasteiger partial charge in [0.05, 0.1) is 12.3 Å². The summed E-state index contributed by atoms with van der Waals surface area (Å²) in [5.41, 5.74) is 2.47. The van der Waals surface area contributed by atoms with Crippen LogP contribution in [0.2, 0.25) is 0 Å². The maximum absolute atomic E-state index is 11.9. The van der Waals surface area contributed by atoms with E-state index in [1.807, 2.05) is 24.3 Å². The number of aliphatic hydroxyl groups is 1. The average molecular weight is 288 g/mol. The molecule has 2 N–H and O–H groups in total. The summed E-state index contributed by atoms with van der Waals surface area (Å²) in [6.07, 6.45) is 3.01. The fourth-order valence-electron chi connectivity index (χ4n) is 1.97. The van der Waals surface area contributed by atoms with Gasteiger partial charge in [0.15, 0.2) is 0 Å². The third-order valence-electron chi connectivity index (χ3n) is 3.07. The van der Waals surface area contributed by atoms with Gasteiger partial charge in [-0.25, -0.2) is 4.68 Å². The van der Waals surface area contributed by atoms with Gasteiger partial charge < -0.3 is 10.4 Å². The third-order valence-corrected chi connectivity index (χ3v) is 3.07. The van der Waals surface area contributed by atoms with Crippen LogP contribution in [0.1, 0.15) is 37.6 Å². The molecule has 112 valence electrons. The molecule has 0 aliphatic heterocycles. The highest BCUT2D eigenvalue weighted by molar-refractivity contribution is 5.90. The van der Waals surface area contributed by atoms with E-state index in [9.17, 15) is 9.90 Å². The van der Waals surface area contributed by atoms with Crippen molar-refractivity contribution >= 4 is 11.6 Å². The number of hydrogen-bond acceptors (Lipinski definition) is 4. The topological polar surface area (TPSA) is 80.0 Å². The number of carbonyl (C=O) groups is 1. The van der Waals surface area contributed by atoms with Gasteiger partial charge in [-0.15, -0.1) is 5.10 Å². The standard InChI is InChI=1S/C15H20N4O2/c1-3-4-12-5-7-13(8-6-12)16-15(21)10-19-9-14(11(2)20)17-18-19/h5-9,11,20H,3-4,10H2,1-2H3,(H,16,21).